The third-order valence-electron chi connectivity index (χ3n) is 9.18. The fourth-order valence-corrected chi connectivity index (χ4v) is 6.71. The summed E-state index contributed by atoms with van der Waals surface area (Å²) in [5, 5.41) is 43.6. The van der Waals surface area contributed by atoms with Gasteiger partial charge in [0, 0.05) is 30.2 Å². The lowest BCUT2D eigenvalue weighted by Crippen LogP contribution is -2.62. The van der Waals surface area contributed by atoms with E-state index in [2.05, 4.69) is 47.2 Å². The molecule has 0 spiro atoms. The number of carbonyl (C=O) groups is 8. The van der Waals surface area contributed by atoms with E-state index in [1.54, 1.807) is 34.6 Å². The molecule has 1 aromatic rings. The van der Waals surface area contributed by atoms with Crippen molar-refractivity contribution in [1.82, 2.24) is 47.2 Å². The number of hydrogen-bond donors (Lipinski definition) is 13. The molecule has 6 amide bonds. The van der Waals surface area contributed by atoms with Gasteiger partial charge >= 0.3 is 11.9 Å². The number of carbonyl (C=O) groups excluding carboxylic acids is 6. The summed E-state index contributed by atoms with van der Waals surface area (Å²) < 4.78 is 0. The third-order valence-corrected chi connectivity index (χ3v) is 10.5. The molecule has 23 heteroatoms. The molecule has 22 nitrogen and oxygen atoms in total. The molecule has 0 bridgehead atoms. The van der Waals surface area contributed by atoms with Crippen molar-refractivity contribution in [3.63, 3.8) is 0 Å². The zero-order chi connectivity index (χ0) is 43.0. The highest BCUT2D eigenvalue weighted by Gasteiger charge is 2.39. The summed E-state index contributed by atoms with van der Waals surface area (Å²) in [6.07, 6.45) is 2.68. The highest BCUT2D eigenvalue weighted by Crippen LogP contribution is 2.19. The second-order valence-electron chi connectivity index (χ2n) is 14.1. The molecule has 9 unspecified atom stereocenters. The van der Waals surface area contributed by atoms with Crippen LogP contribution in [0.5, 0.6) is 0 Å². The molecular weight excluding hydrogens is 769 g/mol. The molecule has 1 saturated heterocycles. The van der Waals surface area contributed by atoms with E-state index in [1.807, 2.05) is 0 Å². The molecule has 1 aliphatic rings. The maximum Gasteiger partial charge on any atom is 0.327 e. The Hall–Kier alpha value is -5.45. The van der Waals surface area contributed by atoms with Crippen LogP contribution in [0.25, 0.3) is 0 Å². The number of nitrogens with zero attached hydrogens (tertiary/aromatic N) is 1. The van der Waals surface area contributed by atoms with Crippen LogP contribution in [-0.2, 0) is 44.8 Å². The van der Waals surface area contributed by atoms with Gasteiger partial charge in [-0.3, -0.25) is 39.0 Å². The molecule has 15 N–H and O–H groups in total. The van der Waals surface area contributed by atoms with E-state index in [4.69, 9.17) is 22.0 Å². The number of aliphatic carboxylic acids is 2. The molecule has 57 heavy (non-hydrogen) atoms. The predicted octanol–water partition coefficient (Wildman–Crippen LogP) is -3.15. The Labute approximate surface area is 333 Å². The van der Waals surface area contributed by atoms with Gasteiger partial charge in [-0.1, -0.05) is 41.0 Å². The number of H-pyrrole nitrogens is 1. The number of guanidine groups is 1. The minimum Gasteiger partial charge on any atom is -0.481 e. The van der Waals surface area contributed by atoms with Crippen LogP contribution in [-0.4, -0.2) is 133 Å². The summed E-state index contributed by atoms with van der Waals surface area (Å²) in [6, 6.07) is -9.41. The number of carboxylic acid groups (broad SMARTS) is 2. The van der Waals surface area contributed by atoms with Gasteiger partial charge in [-0.25, -0.2) is 9.78 Å². The van der Waals surface area contributed by atoms with Crippen LogP contribution in [0.3, 0.4) is 0 Å². The normalized spacial score (nSPS) is 22.6. The van der Waals surface area contributed by atoms with Gasteiger partial charge in [-0.15, -0.1) is 0 Å². The summed E-state index contributed by atoms with van der Waals surface area (Å²) in [5.41, 5.74) is 11.4. The Morgan fingerprint density at radius 1 is 1.00 bits per heavy atom. The van der Waals surface area contributed by atoms with Crippen molar-refractivity contribution in [2.45, 2.75) is 114 Å². The van der Waals surface area contributed by atoms with E-state index in [0.29, 0.717) is 12.1 Å². The summed E-state index contributed by atoms with van der Waals surface area (Å²) in [7, 11) is 0. The average molecular weight is 825 g/mol. The minimum atomic E-state index is -1.49. The number of aromatic amines is 1. The van der Waals surface area contributed by atoms with Gasteiger partial charge < -0.3 is 63.9 Å². The number of carboxylic acids is 2. The zero-order valence-electron chi connectivity index (χ0n) is 32.5. The number of imidazole rings is 1. The van der Waals surface area contributed by atoms with Crippen molar-refractivity contribution < 1.29 is 48.6 Å². The SMILES string of the molecule is CCC(C)C1NC(=O)C(NC(=O)C(NC(=O)C(CCCNC(=N)N)NC(=O)C(N)CC(=O)O)C(C)C)C(C)SCC(C(=O)O)NC(=O)C(Cc2c[nH]cn2)NC1=O. The standard InChI is InChI=1S/C34H56N12O10S/c1-6-16(4)25-31(53)42-21(10-18-12-38-14-40-18)29(51)43-22(33(55)56)13-57-17(5)26(32(54)45-25)46-30(52)24(15(2)3)44-28(50)20(8-7-9-39-34(36)37)41-27(49)19(35)11-23(47)48/h12,14-17,19-22,24-26H,6-11,13,35H2,1-5H3,(H,38,40)(H,41,49)(H,42,53)(H,43,51)(H,44,50)(H,45,54)(H,46,52)(H,47,48)(H,55,56)(H4,36,37,39). The van der Waals surface area contributed by atoms with Crippen molar-refractivity contribution in [3.05, 3.63) is 18.2 Å². The van der Waals surface area contributed by atoms with Crippen molar-refractivity contribution >= 4 is 65.1 Å². The fourth-order valence-electron chi connectivity index (χ4n) is 5.60. The maximum atomic E-state index is 14.1. The first kappa shape index (κ1) is 47.7. The van der Waals surface area contributed by atoms with Crippen LogP contribution in [0, 0.1) is 17.2 Å². The van der Waals surface area contributed by atoms with Crippen LogP contribution in [0.1, 0.15) is 66.0 Å². The van der Waals surface area contributed by atoms with Crippen molar-refractivity contribution in [1.29, 1.82) is 5.41 Å². The van der Waals surface area contributed by atoms with E-state index < -0.39 is 113 Å². The number of thioether (sulfide) groups is 1. The first-order valence-corrected chi connectivity index (χ1v) is 19.5. The molecule has 9 atom stereocenters. The second kappa shape index (κ2) is 22.9. The van der Waals surface area contributed by atoms with Crippen LogP contribution in [0.4, 0.5) is 0 Å². The Kier molecular flexibility index (Phi) is 19.2. The second-order valence-corrected chi connectivity index (χ2v) is 15.5. The van der Waals surface area contributed by atoms with Crippen LogP contribution >= 0.6 is 11.8 Å². The van der Waals surface area contributed by atoms with Gasteiger partial charge in [0.05, 0.1) is 24.5 Å². The van der Waals surface area contributed by atoms with Gasteiger partial charge in [0.2, 0.25) is 35.4 Å². The number of nitrogens with two attached hydrogens (primary N) is 2. The monoisotopic (exact) mass is 824 g/mol. The number of aromatic nitrogens is 2. The number of hydrogen-bond acceptors (Lipinski definition) is 12. The minimum absolute atomic E-state index is 0.0360. The number of amides is 6. The first-order chi connectivity index (χ1) is 26.7. The van der Waals surface area contributed by atoms with Crippen molar-refractivity contribution in [3.8, 4) is 0 Å². The highest BCUT2D eigenvalue weighted by molar-refractivity contribution is 8.00. The van der Waals surface area contributed by atoms with Crippen molar-refractivity contribution in [2.75, 3.05) is 12.3 Å². The summed E-state index contributed by atoms with van der Waals surface area (Å²) in [5.74, 6) is -9.25. The fraction of sp³-hybridized carbons (Fsp3) is 0.647. The molecule has 318 valence electrons. The van der Waals surface area contributed by atoms with E-state index in [9.17, 15) is 43.5 Å². The average Bonchev–Trinajstić information content (AvgIpc) is 3.65. The lowest BCUT2D eigenvalue weighted by Gasteiger charge is -2.31. The molecule has 2 heterocycles. The Balaban J connectivity index is 2.43. The molecule has 0 aromatic carbocycles. The van der Waals surface area contributed by atoms with Crippen LogP contribution < -0.4 is 48.7 Å². The van der Waals surface area contributed by atoms with E-state index in [0.717, 1.165) is 11.8 Å². The first-order valence-electron chi connectivity index (χ1n) is 18.4. The van der Waals surface area contributed by atoms with Gasteiger partial charge in [-0.05, 0) is 24.7 Å². The predicted molar refractivity (Wildman–Crippen MR) is 207 cm³/mol. The largest absolute Gasteiger partial charge is 0.481 e. The smallest absolute Gasteiger partial charge is 0.327 e. The summed E-state index contributed by atoms with van der Waals surface area (Å²) in [6.45, 7) is 8.43. The summed E-state index contributed by atoms with van der Waals surface area (Å²) >= 11 is 0.966. The molecule has 1 aliphatic heterocycles. The highest BCUT2D eigenvalue weighted by atomic mass is 32.2. The van der Waals surface area contributed by atoms with E-state index >= 15 is 0 Å². The molecule has 0 aliphatic carbocycles. The topological polar surface area (TPSA) is 366 Å². The van der Waals surface area contributed by atoms with Crippen molar-refractivity contribution in [2.24, 2.45) is 23.3 Å². The number of nitrogens with one attached hydrogen (secondary N) is 9. The quantitative estimate of drug-likeness (QED) is 0.0395. The molecule has 1 fully saturated rings. The van der Waals surface area contributed by atoms with Crippen LogP contribution in [0.2, 0.25) is 0 Å². The van der Waals surface area contributed by atoms with E-state index in [1.165, 1.54) is 12.5 Å². The lowest BCUT2D eigenvalue weighted by molar-refractivity contribution is -0.141. The Morgan fingerprint density at radius 3 is 2.25 bits per heavy atom. The molecule has 2 rings (SSSR count). The van der Waals surface area contributed by atoms with Gasteiger partial charge in [0.15, 0.2) is 5.96 Å². The Morgan fingerprint density at radius 2 is 1.68 bits per heavy atom. The molecular formula is C34H56N12O10S. The van der Waals surface area contributed by atoms with E-state index in [-0.39, 0.29) is 37.5 Å². The molecule has 1 aromatic heterocycles. The van der Waals surface area contributed by atoms with Gasteiger partial charge in [0.1, 0.15) is 36.3 Å². The van der Waals surface area contributed by atoms with Gasteiger partial charge in [0.25, 0.3) is 0 Å². The Bertz CT molecular complexity index is 1600. The maximum absolute atomic E-state index is 14.1. The zero-order valence-corrected chi connectivity index (χ0v) is 33.4. The third kappa shape index (κ3) is 15.5. The summed E-state index contributed by atoms with van der Waals surface area (Å²) in [4.78, 5) is 112. The molecule has 0 radical (unpaired) electrons. The lowest BCUT2D eigenvalue weighted by atomic mass is 9.96. The van der Waals surface area contributed by atoms with Gasteiger partial charge in [-0.2, -0.15) is 11.8 Å². The van der Waals surface area contributed by atoms with Crippen LogP contribution in [0.15, 0.2) is 12.5 Å². The number of rotatable bonds is 18. The molecule has 0 saturated carbocycles.